The van der Waals surface area contributed by atoms with Gasteiger partial charge in [-0.3, -0.25) is 4.79 Å². The number of carbonyl (C=O) groups is 1. The van der Waals surface area contributed by atoms with Crippen LogP contribution in [0.25, 0.3) is 0 Å². The van der Waals surface area contributed by atoms with E-state index in [0.717, 1.165) is 31.3 Å². The van der Waals surface area contributed by atoms with E-state index >= 15 is 0 Å². The van der Waals surface area contributed by atoms with Crippen molar-refractivity contribution in [3.8, 4) is 0 Å². The molecule has 0 spiro atoms. The molecule has 1 aliphatic heterocycles. The number of alkyl halides is 1. The predicted octanol–water partition coefficient (Wildman–Crippen LogP) is 1.36. The fourth-order valence-corrected chi connectivity index (χ4v) is 2.13. The van der Waals surface area contributed by atoms with Crippen molar-refractivity contribution in [1.29, 1.82) is 0 Å². The fraction of sp³-hybridized carbons (Fsp3) is 0.900. The largest absolute Gasteiger partial charge is 0.342 e. The van der Waals surface area contributed by atoms with Gasteiger partial charge in [-0.1, -0.05) is 22.9 Å². The third-order valence-corrected chi connectivity index (χ3v) is 3.72. The number of amides is 1. The van der Waals surface area contributed by atoms with Gasteiger partial charge in [0.25, 0.3) is 0 Å². The SMILES string of the molecule is CCC(N)CCN1CC(CBr)CC1=O. The van der Waals surface area contributed by atoms with Gasteiger partial charge in [-0.15, -0.1) is 0 Å². The molecule has 1 aliphatic rings. The lowest BCUT2D eigenvalue weighted by Gasteiger charge is -2.18. The van der Waals surface area contributed by atoms with Gasteiger partial charge in [0.1, 0.15) is 0 Å². The topological polar surface area (TPSA) is 46.3 Å². The van der Waals surface area contributed by atoms with Crippen LogP contribution in [0.15, 0.2) is 0 Å². The molecule has 2 unspecified atom stereocenters. The van der Waals surface area contributed by atoms with Crippen molar-refractivity contribution < 1.29 is 4.79 Å². The van der Waals surface area contributed by atoms with E-state index in [2.05, 4.69) is 22.9 Å². The van der Waals surface area contributed by atoms with Crippen LogP contribution in [-0.4, -0.2) is 35.3 Å². The first-order chi connectivity index (χ1) is 6.67. The molecule has 2 atom stereocenters. The molecule has 0 aromatic carbocycles. The summed E-state index contributed by atoms with van der Waals surface area (Å²) < 4.78 is 0. The summed E-state index contributed by atoms with van der Waals surface area (Å²) in [6.07, 6.45) is 2.62. The summed E-state index contributed by atoms with van der Waals surface area (Å²) in [7, 11) is 0. The van der Waals surface area contributed by atoms with Crippen LogP contribution in [0.1, 0.15) is 26.2 Å². The molecular formula is C10H19BrN2O. The second-order valence-corrected chi connectivity index (χ2v) is 4.67. The number of halogens is 1. The molecule has 1 fully saturated rings. The molecule has 1 heterocycles. The maximum absolute atomic E-state index is 11.5. The van der Waals surface area contributed by atoms with E-state index in [1.807, 2.05) is 4.90 Å². The van der Waals surface area contributed by atoms with Crippen molar-refractivity contribution in [2.45, 2.75) is 32.2 Å². The van der Waals surface area contributed by atoms with E-state index in [1.54, 1.807) is 0 Å². The Morgan fingerprint density at radius 2 is 2.43 bits per heavy atom. The Bertz CT molecular complexity index is 199. The van der Waals surface area contributed by atoms with Crippen molar-refractivity contribution >= 4 is 21.8 Å². The number of likely N-dealkylation sites (tertiary alicyclic amines) is 1. The summed E-state index contributed by atoms with van der Waals surface area (Å²) in [5.41, 5.74) is 5.82. The molecular weight excluding hydrogens is 244 g/mol. The molecule has 1 rings (SSSR count). The van der Waals surface area contributed by atoms with E-state index in [0.29, 0.717) is 12.3 Å². The van der Waals surface area contributed by atoms with Crippen LogP contribution in [0.4, 0.5) is 0 Å². The monoisotopic (exact) mass is 262 g/mol. The number of hydrogen-bond acceptors (Lipinski definition) is 2. The minimum absolute atomic E-state index is 0.242. The Morgan fingerprint density at radius 1 is 1.71 bits per heavy atom. The number of hydrogen-bond donors (Lipinski definition) is 1. The summed E-state index contributed by atoms with van der Waals surface area (Å²) in [5.74, 6) is 0.790. The van der Waals surface area contributed by atoms with E-state index in [4.69, 9.17) is 5.73 Å². The molecule has 1 saturated heterocycles. The van der Waals surface area contributed by atoms with E-state index in [-0.39, 0.29) is 11.9 Å². The number of carbonyl (C=O) groups excluding carboxylic acids is 1. The third kappa shape index (κ3) is 3.24. The second-order valence-electron chi connectivity index (χ2n) is 4.02. The van der Waals surface area contributed by atoms with Gasteiger partial charge in [0.15, 0.2) is 0 Å². The highest BCUT2D eigenvalue weighted by molar-refractivity contribution is 9.09. The molecule has 0 aliphatic carbocycles. The highest BCUT2D eigenvalue weighted by Crippen LogP contribution is 2.19. The first kappa shape index (κ1) is 12.0. The fourth-order valence-electron chi connectivity index (χ4n) is 1.70. The second kappa shape index (κ2) is 5.71. The molecule has 0 aromatic heterocycles. The molecule has 14 heavy (non-hydrogen) atoms. The van der Waals surface area contributed by atoms with E-state index < -0.39 is 0 Å². The number of nitrogens with zero attached hydrogens (tertiary/aromatic N) is 1. The molecule has 4 heteroatoms. The minimum atomic E-state index is 0.242. The molecule has 0 aromatic rings. The maximum Gasteiger partial charge on any atom is 0.222 e. The van der Waals surface area contributed by atoms with Gasteiger partial charge >= 0.3 is 0 Å². The summed E-state index contributed by atoms with van der Waals surface area (Å²) in [6.45, 7) is 3.82. The van der Waals surface area contributed by atoms with Gasteiger partial charge < -0.3 is 10.6 Å². The predicted molar refractivity (Wildman–Crippen MR) is 61.4 cm³/mol. The van der Waals surface area contributed by atoms with E-state index in [1.165, 1.54) is 0 Å². The van der Waals surface area contributed by atoms with Crippen LogP contribution in [-0.2, 0) is 4.79 Å². The lowest BCUT2D eigenvalue weighted by molar-refractivity contribution is -0.127. The molecule has 1 amide bonds. The average molecular weight is 263 g/mol. The molecule has 0 saturated carbocycles. The third-order valence-electron chi connectivity index (χ3n) is 2.81. The quantitative estimate of drug-likeness (QED) is 0.761. The Kier molecular flexibility index (Phi) is 4.89. The summed E-state index contributed by atoms with van der Waals surface area (Å²) in [4.78, 5) is 13.5. The molecule has 0 bridgehead atoms. The zero-order valence-corrected chi connectivity index (χ0v) is 10.3. The lowest BCUT2D eigenvalue weighted by Crippen LogP contribution is -2.31. The van der Waals surface area contributed by atoms with Crippen LogP contribution in [0.5, 0.6) is 0 Å². The van der Waals surface area contributed by atoms with Crippen LogP contribution >= 0.6 is 15.9 Å². The minimum Gasteiger partial charge on any atom is -0.342 e. The molecule has 82 valence electrons. The average Bonchev–Trinajstić information content (AvgIpc) is 2.55. The van der Waals surface area contributed by atoms with E-state index in [9.17, 15) is 4.79 Å². The van der Waals surface area contributed by atoms with Crippen LogP contribution in [0.2, 0.25) is 0 Å². The molecule has 0 radical (unpaired) electrons. The van der Waals surface area contributed by atoms with Crippen LogP contribution in [0.3, 0.4) is 0 Å². The van der Waals surface area contributed by atoms with Gasteiger partial charge in [-0.05, 0) is 18.8 Å². The molecule has 2 N–H and O–H groups in total. The lowest BCUT2D eigenvalue weighted by atomic mass is 10.1. The van der Waals surface area contributed by atoms with Crippen molar-refractivity contribution in [3.05, 3.63) is 0 Å². The van der Waals surface area contributed by atoms with Gasteiger partial charge in [0.2, 0.25) is 5.91 Å². The zero-order valence-electron chi connectivity index (χ0n) is 8.71. The normalized spacial score (nSPS) is 24.4. The van der Waals surface area contributed by atoms with Crippen molar-refractivity contribution in [2.24, 2.45) is 11.7 Å². The van der Waals surface area contributed by atoms with Gasteiger partial charge in [-0.2, -0.15) is 0 Å². The van der Waals surface area contributed by atoms with Crippen molar-refractivity contribution in [3.63, 3.8) is 0 Å². The number of nitrogens with two attached hydrogens (primary N) is 1. The first-order valence-electron chi connectivity index (χ1n) is 5.26. The number of rotatable bonds is 5. The highest BCUT2D eigenvalue weighted by Gasteiger charge is 2.28. The Balaban J connectivity index is 2.28. The molecule has 3 nitrogen and oxygen atoms in total. The Hall–Kier alpha value is -0.0900. The Labute approximate surface area is 94.1 Å². The highest BCUT2D eigenvalue weighted by atomic mass is 79.9. The van der Waals surface area contributed by atoms with Crippen molar-refractivity contribution in [1.82, 2.24) is 4.90 Å². The van der Waals surface area contributed by atoms with Crippen LogP contribution < -0.4 is 5.73 Å². The van der Waals surface area contributed by atoms with Crippen LogP contribution in [0, 0.1) is 5.92 Å². The summed E-state index contributed by atoms with van der Waals surface area (Å²) >= 11 is 3.42. The Morgan fingerprint density at radius 3 is 2.93 bits per heavy atom. The smallest absolute Gasteiger partial charge is 0.222 e. The van der Waals surface area contributed by atoms with Gasteiger partial charge in [0, 0.05) is 30.9 Å². The van der Waals surface area contributed by atoms with Gasteiger partial charge in [-0.25, -0.2) is 0 Å². The first-order valence-corrected chi connectivity index (χ1v) is 6.38. The zero-order chi connectivity index (χ0) is 10.6. The summed E-state index contributed by atoms with van der Waals surface area (Å²) in [6, 6.07) is 0.242. The van der Waals surface area contributed by atoms with Crippen molar-refractivity contribution in [2.75, 3.05) is 18.4 Å². The summed E-state index contributed by atoms with van der Waals surface area (Å²) in [5, 5.41) is 0.926. The maximum atomic E-state index is 11.5. The van der Waals surface area contributed by atoms with Gasteiger partial charge in [0.05, 0.1) is 0 Å². The standard InChI is InChI=1S/C10H19BrN2O/c1-2-9(12)3-4-13-7-8(6-11)5-10(13)14/h8-9H,2-7,12H2,1H3.